The molecule has 1 aliphatic rings. The quantitative estimate of drug-likeness (QED) is 0.405. The molecule has 0 aliphatic carbocycles. The summed E-state index contributed by atoms with van der Waals surface area (Å²) in [5, 5.41) is 6.62. The third-order valence-corrected chi connectivity index (χ3v) is 3.86. The summed E-state index contributed by atoms with van der Waals surface area (Å²) in [5.74, 6) is 2.41. The van der Waals surface area contributed by atoms with Crippen LogP contribution in [0.2, 0.25) is 0 Å². The lowest BCUT2D eigenvalue weighted by Crippen LogP contribution is -2.38. The van der Waals surface area contributed by atoms with E-state index in [4.69, 9.17) is 9.47 Å². The smallest absolute Gasteiger partial charge is 0.191 e. The number of imidazole rings is 1. The summed E-state index contributed by atoms with van der Waals surface area (Å²) in [5.41, 5.74) is 0. The molecule has 1 aromatic rings. The lowest BCUT2D eigenvalue weighted by atomic mass is 10.2. The molecule has 136 valence electrons. The Labute approximate surface area is 144 Å². The molecular formula is C17H31N5O2. The van der Waals surface area contributed by atoms with Crippen LogP contribution in [0.4, 0.5) is 0 Å². The molecule has 0 aromatic carbocycles. The fourth-order valence-electron chi connectivity index (χ4n) is 2.62. The minimum absolute atomic E-state index is 0.280. The van der Waals surface area contributed by atoms with Crippen LogP contribution in [0.5, 0.6) is 0 Å². The molecule has 1 atom stereocenters. The number of hydrogen-bond donors (Lipinski definition) is 2. The highest BCUT2D eigenvalue weighted by Crippen LogP contribution is 2.08. The molecule has 0 bridgehead atoms. The first-order chi connectivity index (χ1) is 11.7. The van der Waals surface area contributed by atoms with Crippen LogP contribution >= 0.6 is 0 Å². The van der Waals surface area contributed by atoms with E-state index < -0.39 is 0 Å². The Morgan fingerprint density at radius 1 is 1.50 bits per heavy atom. The summed E-state index contributed by atoms with van der Waals surface area (Å²) in [4.78, 5) is 8.66. The number of nitrogens with one attached hydrogen (secondary N) is 2. The van der Waals surface area contributed by atoms with E-state index in [1.165, 1.54) is 0 Å². The lowest BCUT2D eigenvalue weighted by molar-refractivity contribution is 0.0420. The summed E-state index contributed by atoms with van der Waals surface area (Å²) >= 11 is 0. The molecule has 7 nitrogen and oxygen atoms in total. The normalized spacial score (nSPS) is 18.3. The minimum Gasteiger partial charge on any atom is -0.379 e. The summed E-state index contributed by atoms with van der Waals surface area (Å²) in [6.07, 6.45) is 6.11. The van der Waals surface area contributed by atoms with Crippen LogP contribution in [0.3, 0.4) is 0 Å². The zero-order valence-corrected chi connectivity index (χ0v) is 15.1. The van der Waals surface area contributed by atoms with Gasteiger partial charge < -0.3 is 24.7 Å². The molecule has 1 aliphatic heterocycles. The average molecular weight is 337 g/mol. The largest absolute Gasteiger partial charge is 0.379 e. The molecule has 0 saturated carbocycles. The van der Waals surface area contributed by atoms with Gasteiger partial charge in [-0.1, -0.05) is 13.8 Å². The van der Waals surface area contributed by atoms with E-state index >= 15 is 0 Å². The van der Waals surface area contributed by atoms with Crippen LogP contribution in [0.15, 0.2) is 17.4 Å². The molecule has 1 fully saturated rings. The van der Waals surface area contributed by atoms with E-state index in [2.05, 4.69) is 39.0 Å². The van der Waals surface area contributed by atoms with E-state index in [0.717, 1.165) is 57.5 Å². The molecule has 24 heavy (non-hydrogen) atoms. The lowest BCUT2D eigenvalue weighted by Gasteiger charge is -2.14. The number of hydrogen-bond acceptors (Lipinski definition) is 4. The standard InChI is InChI=1S/C17H31N5O2/c1-14(2)12-22-8-7-19-16(22)11-21-17(18-3)20-6-4-9-24-15-5-10-23-13-15/h7-8,14-15H,4-6,9-13H2,1-3H3,(H2,18,20,21). The third kappa shape index (κ3) is 6.49. The van der Waals surface area contributed by atoms with Crippen molar-refractivity contribution in [3.05, 3.63) is 18.2 Å². The molecule has 0 amide bonds. The van der Waals surface area contributed by atoms with Gasteiger partial charge in [-0.15, -0.1) is 0 Å². The molecule has 2 N–H and O–H groups in total. The first-order valence-electron chi connectivity index (χ1n) is 8.83. The molecule has 1 aromatic heterocycles. The van der Waals surface area contributed by atoms with Gasteiger partial charge in [0.15, 0.2) is 5.96 Å². The number of ether oxygens (including phenoxy) is 2. The van der Waals surface area contributed by atoms with Crippen molar-refractivity contribution in [3.8, 4) is 0 Å². The summed E-state index contributed by atoms with van der Waals surface area (Å²) < 4.78 is 13.2. The third-order valence-electron chi connectivity index (χ3n) is 3.86. The highest BCUT2D eigenvalue weighted by molar-refractivity contribution is 5.79. The summed E-state index contributed by atoms with van der Waals surface area (Å²) in [7, 11) is 1.78. The van der Waals surface area contributed by atoms with E-state index in [0.29, 0.717) is 12.5 Å². The highest BCUT2D eigenvalue weighted by Gasteiger charge is 2.15. The van der Waals surface area contributed by atoms with Crippen molar-refractivity contribution in [1.29, 1.82) is 0 Å². The van der Waals surface area contributed by atoms with Gasteiger partial charge in [0.1, 0.15) is 5.82 Å². The Morgan fingerprint density at radius 3 is 3.08 bits per heavy atom. The van der Waals surface area contributed by atoms with Crippen LogP contribution in [0, 0.1) is 5.92 Å². The maximum atomic E-state index is 5.75. The van der Waals surface area contributed by atoms with Crippen LogP contribution in [0.1, 0.15) is 32.5 Å². The molecule has 7 heteroatoms. The van der Waals surface area contributed by atoms with Crippen molar-refractivity contribution in [2.45, 2.75) is 45.9 Å². The molecule has 1 saturated heterocycles. The van der Waals surface area contributed by atoms with Gasteiger partial charge in [-0.05, 0) is 18.8 Å². The van der Waals surface area contributed by atoms with Gasteiger partial charge in [0.05, 0.1) is 19.3 Å². The monoisotopic (exact) mass is 337 g/mol. The topological polar surface area (TPSA) is 72.7 Å². The first kappa shape index (κ1) is 18.7. The van der Waals surface area contributed by atoms with Crippen molar-refractivity contribution in [1.82, 2.24) is 20.2 Å². The van der Waals surface area contributed by atoms with Gasteiger partial charge >= 0.3 is 0 Å². The maximum absolute atomic E-state index is 5.75. The van der Waals surface area contributed by atoms with Gasteiger partial charge in [-0.2, -0.15) is 0 Å². The van der Waals surface area contributed by atoms with Gasteiger partial charge in [-0.3, -0.25) is 4.99 Å². The number of aromatic nitrogens is 2. The van der Waals surface area contributed by atoms with Crippen LogP contribution in [-0.2, 0) is 22.6 Å². The Balaban J connectivity index is 1.62. The van der Waals surface area contributed by atoms with E-state index in [-0.39, 0.29) is 6.10 Å². The number of aliphatic imine (C=N–C) groups is 1. The van der Waals surface area contributed by atoms with Crippen molar-refractivity contribution >= 4 is 5.96 Å². The van der Waals surface area contributed by atoms with Gasteiger partial charge in [0, 0.05) is 45.7 Å². The number of rotatable bonds is 9. The maximum Gasteiger partial charge on any atom is 0.191 e. The second-order valence-electron chi connectivity index (χ2n) is 6.45. The van der Waals surface area contributed by atoms with E-state index in [1.807, 2.05) is 12.4 Å². The Hall–Kier alpha value is -1.60. The summed E-state index contributed by atoms with van der Waals surface area (Å²) in [6, 6.07) is 0. The Bertz CT molecular complexity index is 495. The van der Waals surface area contributed by atoms with Gasteiger partial charge in [0.25, 0.3) is 0 Å². The molecule has 0 spiro atoms. The van der Waals surface area contributed by atoms with Gasteiger partial charge in [-0.25, -0.2) is 4.98 Å². The van der Waals surface area contributed by atoms with Crippen molar-refractivity contribution in [3.63, 3.8) is 0 Å². The fourth-order valence-corrected chi connectivity index (χ4v) is 2.62. The molecule has 0 radical (unpaired) electrons. The zero-order chi connectivity index (χ0) is 17.2. The zero-order valence-electron chi connectivity index (χ0n) is 15.1. The van der Waals surface area contributed by atoms with Crippen LogP contribution < -0.4 is 10.6 Å². The number of nitrogens with zero attached hydrogens (tertiary/aromatic N) is 3. The molecule has 2 rings (SSSR count). The molecule has 2 heterocycles. The Morgan fingerprint density at radius 2 is 2.38 bits per heavy atom. The average Bonchev–Trinajstić information content (AvgIpc) is 3.21. The fraction of sp³-hybridized carbons (Fsp3) is 0.765. The van der Waals surface area contributed by atoms with Crippen LogP contribution in [-0.4, -0.2) is 55.0 Å². The second-order valence-corrected chi connectivity index (χ2v) is 6.45. The number of guanidine groups is 1. The van der Waals surface area contributed by atoms with Crippen LogP contribution in [0.25, 0.3) is 0 Å². The van der Waals surface area contributed by atoms with E-state index in [9.17, 15) is 0 Å². The predicted molar refractivity (Wildman–Crippen MR) is 95.1 cm³/mol. The predicted octanol–water partition coefficient (Wildman–Crippen LogP) is 1.40. The van der Waals surface area contributed by atoms with Crippen molar-refractivity contribution in [2.24, 2.45) is 10.9 Å². The Kier molecular flexibility index (Phi) is 8.04. The SMILES string of the molecule is CN=C(NCCCOC1CCOC1)NCc1nccn1CC(C)C. The second kappa shape index (κ2) is 10.3. The first-order valence-corrected chi connectivity index (χ1v) is 8.83. The van der Waals surface area contributed by atoms with Gasteiger partial charge in [0.2, 0.25) is 0 Å². The van der Waals surface area contributed by atoms with Crippen molar-refractivity contribution in [2.75, 3.05) is 33.4 Å². The summed E-state index contributed by atoms with van der Waals surface area (Å²) in [6.45, 7) is 9.19. The van der Waals surface area contributed by atoms with E-state index in [1.54, 1.807) is 7.05 Å². The molecule has 1 unspecified atom stereocenters. The highest BCUT2D eigenvalue weighted by atomic mass is 16.5. The van der Waals surface area contributed by atoms with Crippen molar-refractivity contribution < 1.29 is 9.47 Å². The molecular weight excluding hydrogens is 306 g/mol. The minimum atomic E-state index is 0.280.